The molecule has 29 heavy (non-hydrogen) atoms. The van der Waals surface area contributed by atoms with Gasteiger partial charge in [0.2, 0.25) is 0 Å². The van der Waals surface area contributed by atoms with Crippen molar-refractivity contribution in [1.82, 2.24) is 10.6 Å². The molecule has 0 unspecified atom stereocenters. The molecule has 1 aliphatic heterocycles. The van der Waals surface area contributed by atoms with E-state index in [9.17, 15) is 9.50 Å². The minimum atomic E-state index is -0.186. The summed E-state index contributed by atoms with van der Waals surface area (Å²) in [4.78, 5) is 6.56. The highest BCUT2D eigenvalue weighted by molar-refractivity contribution is 14.0. The van der Waals surface area contributed by atoms with Crippen LogP contribution in [0.2, 0.25) is 0 Å². The van der Waals surface area contributed by atoms with Gasteiger partial charge in [0.1, 0.15) is 11.6 Å². The summed E-state index contributed by atoms with van der Waals surface area (Å²) >= 11 is 0. The molecule has 0 aliphatic carbocycles. The Morgan fingerprint density at radius 3 is 2.55 bits per heavy atom. The number of guanidine groups is 1. The zero-order chi connectivity index (χ0) is 19.8. The Balaban J connectivity index is 0.00000300. The van der Waals surface area contributed by atoms with E-state index in [0.29, 0.717) is 11.8 Å². The van der Waals surface area contributed by atoms with Gasteiger partial charge in [-0.05, 0) is 61.6 Å². The summed E-state index contributed by atoms with van der Waals surface area (Å²) in [6.07, 6.45) is 3.93. The zero-order valence-electron chi connectivity index (χ0n) is 16.8. The third kappa shape index (κ3) is 7.38. The summed E-state index contributed by atoms with van der Waals surface area (Å²) in [5.74, 6) is 0.944. The second kappa shape index (κ2) is 11.8. The largest absolute Gasteiger partial charge is 0.508 e. The van der Waals surface area contributed by atoms with Crippen LogP contribution in [0.25, 0.3) is 0 Å². The van der Waals surface area contributed by atoms with E-state index in [0.717, 1.165) is 57.0 Å². The lowest BCUT2D eigenvalue weighted by Gasteiger charge is -2.34. The number of phenols is 1. The molecule has 0 spiro atoms. The molecule has 7 heteroatoms. The summed E-state index contributed by atoms with van der Waals surface area (Å²) < 4.78 is 13.4. The molecule has 0 saturated carbocycles. The Morgan fingerprint density at radius 1 is 1.17 bits per heavy atom. The van der Waals surface area contributed by atoms with E-state index in [1.165, 1.54) is 11.6 Å². The van der Waals surface area contributed by atoms with Crippen molar-refractivity contribution in [3.8, 4) is 5.75 Å². The van der Waals surface area contributed by atoms with Crippen molar-refractivity contribution in [1.29, 1.82) is 0 Å². The lowest BCUT2D eigenvalue weighted by molar-refractivity contribution is 0.461. The first-order chi connectivity index (χ1) is 13.6. The van der Waals surface area contributed by atoms with Crippen molar-refractivity contribution in [2.24, 2.45) is 4.99 Å². The van der Waals surface area contributed by atoms with Crippen molar-refractivity contribution < 1.29 is 9.50 Å². The molecule has 5 nitrogen and oxygen atoms in total. The van der Waals surface area contributed by atoms with E-state index in [1.807, 2.05) is 18.2 Å². The van der Waals surface area contributed by atoms with Gasteiger partial charge in [0.25, 0.3) is 0 Å². The van der Waals surface area contributed by atoms with Crippen LogP contribution in [0.3, 0.4) is 0 Å². The number of hydrogen-bond donors (Lipinski definition) is 3. The Morgan fingerprint density at radius 2 is 1.90 bits per heavy atom. The van der Waals surface area contributed by atoms with Gasteiger partial charge < -0.3 is 20.6 Å². The number of nitrogens with one attached hydrogen (secondary N) is 2. The summed E-state index contributed by atoms with van der Waals surface area (Å²) in [6.45, 7) is 2.64. The number of hydrogen-bond acceptors (Lipinski definition) is 3. The maximum absolute atomic E-state index is 13.4. The minimum absolute atomic E-state index is 0. The van der Waals surface area contributed by atoms with E-state index in [-0.39, 0.29) is 29.8 Å². The second-order valence-electron chi connectivity index (χ2n) is 7.15. The van der Waals surface area contributed by atoms with Crippen molar-refractivity contribution in [2.75, 3.05) is 31.6 Å². The van der Waals surface area contributed by atoms with Crippen LogP contribution in [0.4, 0.5) is 10.1 Å². The van der Waals surface area contributed by atoms with E-state index >= 15 is 0 Å². The first kappa shape index (κ1) is 23.3. The Labute approximate surface area is 189 Å². The quantitative estimate of drug-likeness (QED) is 0.238. The molecular weight excluding hydrogens is 482 g/mol. The first-order valence-corrected chi connectivity index (χ1v) is 9.89. The fourth-order valence-corrected chi connectivity index (χ4v) is 3.50. The van der Waals surface area contributed by atoms with Gasteiger partial charge in [-0.3, -0.25) is 4.99 Å². The predicted molar refractivity (Wildman–Crippen MR) is 128 cm³/mol. The highest BCUT2D eigenvalue weighted by Crippen LogP contribution is 2.20. The highest BCUT2D eigenvalue weighted by Gasteiger charge is 2.20. The minimum Gasteiger partial charge on any atom is -0.508 e. The van der Waals surface area contributed by atoms with Gasteiger partial charge >= 0.3 is 0 Å². The van der Waals surface area contributed by atoms with E-state index in [2.05, 4.69) is 20.5 Å². The number of anilines is 1. The molecule has 2 aromatic rings. The molecule has 0 radical (unpaired) electrons. The van der Waals surface area contributed by atoms with Crippen LogP contribution in [0, 0.1) is 5.82 Å². The lowest BCUT2D eigenvalue weighted by Crippen LogP contribution is -2.49. The fourth-order valence-electron chi connectivity index (χ4n) is 3.50. The molecular formula is C22H30FIN4O. The van der Waals surface area contributed by atoms with Crippen LogP contribution in [0.5, 0.6) is 5.75 Å². The number of aryl methyl sites for hydroxylation is 1. The molecule has 1 saturated heterocycles. The fraction of sp³-hybridized carbons (Fsp3) is 0.409. The monoisotopic (exact) mass is 512 g/mol. The molecule has 0 aromatic heterocycles. The summed E-state index contributed by atoms with van der Waals surface area (Å²) in [5.41, 5.74) is 2.17. The van der Waals surface area contributed by atoms with Crippen molar-refractivity contribution in [2.45, 2.75) is 31.7 Å². The van der Waals surface area contributed by atoms with Crippen LogP contribution < -0.4 is 15.5 Å². The molecule has 3 rings (SSSR count). The van der Waals surface area contributed by atoms with Crippen molar-refractivity contribution in [3.63, 3.8) is 0 Å². The molecule has 1 fully saturated rings. The smallest absolute Gasteiger partial charge is 0.191 e. The molecule has 2 aromatic carbocycles. The number of piperidine rings is 1. The maximum atomic E-state index is 13.4. The molecule has 158 valence electrons. The summed E-state index contributed by atoms with van der Waals surface area (Å²) in [6, 6.07) is 14.5. The van der Waals surface area contributed by atoms with Gasteiger partial charge in [0.15, 0.2) is 5.96 Å². The van der Waals surface area contributed by atoms with Gasteiger partial charge in [0, 0.05) is 38.4 Å². The number of benzene rings is 2. The van der Waals surface area contributed by atoms with Gasteiger partial charge in [-0.15, -0.1) is 24.0 Å². The summed E-state index contributed by atoms with van der Waals surface area (Å²) in [7, 11) is 1.79. The topological polar surface area (TPSA) is 59.9 Å². The van der Waals surface area contributed by atoms with Crippen LogP contribution in [-0.2, 0) is 6.42 Å². The number of halogens is 2. The van der Waals surface area contributed by atoms with Gasteiger partial charge in [0.05, 0.1) is 0 Å². The van der Waals surface area contributed by atoms with E-state index in [4.69, 9.17) is 0 Å². The van der Waals surface area contributed by atoms with Crippen LogP contribution in [0.1, 0.15) is 24.8 Å². The van der Waals surface area contributed by atoms with Crippen LogP contribution in [0.15, 0.2) is 53.5 Å². The molecule has 1 aliphatic rings. The number of aromatic hydroxyl groups is 1. The molecule has 0 bridgehead atoms. The SMILES string of the molecule is CN=C(NCCCc1ccc(O)cc1)NC1CCN(c2cccc(F)c2)CC1.I. The second-order valence-corrected chi connectivity index (χ2v) is 7.15. The third-order valence-corrected chi connectivity index (χ3v) is 5.10. The lowest BCUT2D eigenvalue weighted by atomic mass is 10.0. The predicted octanol–water partition coefficient (Wildman–Crippen LogP) is 3.92. The number of rotatable bonds is 6. The highest BCUT2D eigenvalue weighted by atomic mass is 127. The summed E-state index contributed by atoms with van der Waals surface area (Å²) in [5, 5.41) is 16.2. The van der Waals surface area contributed by atoms with Gasteiger partial charge in [-0.1, -0.05) is 18.2 Å². The molecule has 0 atom stereocenters. The Bertz CT molecular complexity index is 777. The Hall–Kier alpha value is -2.03. The van der Waals surface area contributed by atoms with Crippen LogP contribution in [-0.4, -0.2) is 43.8 Å². The average Bonchev–Trinajstić information content (AvgIpc) is 2.72. The van der Waals surface area contributed by atoms with Crippen LogP contribution >= 0.6 is 24.0 Å². The number of nitrogens with zero attached hydrogens (tertiary/aromatic N) is 2. The third-order valence-electron chi connectivity index (χ3n) is 5.10. The number of phenolic OH excluding ortho intramolecular Hbond substituents is 1. The standard InChI is InChI=1S/C22H29FN4O.HI/c1-24-22(25-13-3-4-17-7-9-21(28)10-8-17)26-19-11-14-27(15-12-19)20-6-2-5-18(23)16-20;/h2,5-10,16,19,28H,3-4,11-15H2,1H3,(H2,24,25,26);1H. The van der Waals surface area contributed by atoms with Crippen molar-refractivity contribution in [3.05, 3.63) is 59.9 Å². The Kier molecular flexibility index (Phi) is 9.50. The maximum Gasteiger partial charge on any atom is 0.191 e. The van der Waals surface area contributed by atoms with E-state index in [1.54, 1.807) is 31.3 Å². The molecule has 0 amide bonds. The van der Waals surface area contributed by atoms with Gasteiger partial charge in [-0.2, -0.15) is 0 Å². The molecule has 3 N–H and O–H groups in total. The average molecular weight is 512 g/mol. The van der Waals surface area contributed by atoms with Gasteiger partial charge in [-0.25, -0.2) is 4.39 Å². The zero-order valence-corrected chi connectivity index (χ0v) is 19.1. The van der Waals surface area contributed by atoms with E-state index < -0.39 is 0 Å². The van der Waals surface area contributed by atoms with Crippen molar-refractivity contribution >= 4 is 35.6 Å². The first-order valence-electron chi connectivity index (χ1n) is 9.89. The molecule has 1 heterocycles. The number of aliphatic imine (C=N–C) groups is 1. The normalized spacial score (nSPS) is 15.0.